The molecule has 5 nitrogen and oxygen atoms in total. The summed E-state index contributed by atoms with van der Waals surface area (Å²) in [5.41, 5.74) is 0.833. The van der Waals surface area contributed by atoms with Crippen LogP contribution in [0.25, 0.3) is 0 Å². The second kappa shape index (κ2) is 14.1. The summed E-state index contributed by atoms with van der Waals surface area (Å²) >= 11 is 0. The summed E-state index contributed by atoms with van der Waals surface area (Å²) in [6, 6.07) is 4.97. The number of aliphatic imine (C=N–C) groups is 1. The molecule has 0 aromatic heterocycles. The Balaban J connectivity index is 0.00000576. The van der Waals surface area contributed by atoms with Gasteiger partial charge in [0, 0.05) is 33.4 Å². The zero-order valence-electron chi connectivity index (χ0n) is 15.6. The molecule has 0 heterocycles. The summed E-state index contributed by atoms with van der Waals surface area (Å²) in [6.07, 6.45) is 0.908. The number of nitrogens with one attached hydrogen (secondary N) is 2. The molecule has 0 aliphatic rings. The van der Waals surface area contributed by atoms with Gasteiger partial charge in [0.25, 0.3) is 0 Å². The molecular weight excluding hydrogens is 436 g/mol. The highest BCUT2D eigenvalue weighted by atomic mass is 127. The lowest BCUT2D eigenvalue weighted by Gasteiger charge is -2.13. The molecule has 0 unspecified atom stereocenters. The topological polar surface area (TPSA) is 54.9 Å². The highest BCUT2D eigenvalue weighted by Crippen LogP contribution is 2.18. The van der Waals surface area contributed by atoms with Gasteiger partial charge in [0.2, 0.25) is 0 Å². The van der Waals surface area contributed by atoms with E-state index in [1.54, 1.807) is 13.1 Å². The maximum atomic E-state index is 13.8. The second-order valence-electron chi connectivity index (χ2n) is 5.87. The number of ether oxygens (including phenoxy) is 2. The standard InChI is InChI=1S/C18H30FN3O2.HI/c1-5-24-17-8-7-15(11-16(17)19)12-22-18(20-4)21-9-6-10-23-13-14(2)3;/h7-8,11,14H,5-6,9-10,12-13H2,1-4H3,(H2,20,21,22);1H. The Hall–Kier alpha value is -1.09. The predicted octanol–water partition coefficient (Wildman–Crippen LogP) is 3.57. The number of rotatable bonds is 10. The molecule has 2 N–H and O–H groups in total. The third-order valence-electron chi connectivity index (χ3n) is 3.19. The van der Waals surface area contributed by atoms with Gasteiger partial charge in [-0.3, -0.25) is 4.99 Å². The van der Waals surface area contributed by atoms with Gasteiger partial charge in [0.1, 0.15) is 0 Å². The van der Waals surface area contributed by atoms with Gasteiger partial charge < -0.3 is 20.1 Å². The lowest BCUT2D eigenvalue weighted by atomic mass is 10.2. The number of hydrogen-bond donors (Lipinski definition) is 2. The summed E-state index contributed by atoms with van der Waals surface area (Å²) < 4.78 is 24.5. The fourth-order valence-electron chi connectivity index (χ4n) is 2.03. The van der Waals surface area contributed by atoms with Crippen LogP contribution in [0, 0.1) is 11.7 Å². The van der Waals surface area contributed by atoms with Crippen LogP contribution < -0.4 is 15.4 Å². The van der Waals surface area contributed by atoms with E-state index < -0.39 is 0 Å². The van der Waals surface area contributed by atoms with E-state index in [4.69, 9.17) is 9.47 Å². The summed E-state index contributed by atoms with van der Waals surface area (Å²) in [5.74, 6) is 1.18. The zero-order chi connectivity index (χ0) is 17.8. The molecule has 0 saturated carbocycles. The largest absolute Gasteiger partial charge is 0.491 e. The van der Waals surface area contributed by atoms with Crippen LogP contribution in [-0.2, 0) is 11.3 Å². The first-order valence-electron chi connectivity index (χ1n) is 8.50. The molecule has 0 bridgehead atoms. The second-order valence-corrected chi connectivity index (χ2v) is 5.87. The number of nitrogens with zero attached hydrogens (tertiary/aromatic N) is 1. The van der Waals surface area contributed by atoms with E-state index in [2.05, 4.69) is 29.5 Å². The number of guanidine groups is 1. The monoisotopic (exact) mass is 467 g/mol. The van der Waals surface area contributed by atoms with Crippen molar-refractivity contribution in [3.05, 3.63) is 29.6 Å². The summed E-state index contributed by atoms with van der Waals surface area (Å²) in [7, 11) is 1.71. The van der Waals surface area contributed by atoms with E-state index in [-0.39, 0.29) is 35.5 Å². The fraction of sp³-hybridized carbons (Fsp3) is 0.611. The quantitative estimate of drug-likeness (QED) is 0.239. The van der Waals surface area contributed by atoms with Gasteiger partial charge >= 0.3 is 0 Å². The van der Waals surface area contributed by atoms with Crippen molar-refractivity contribution in [1.29, 1.82) is 0 Å². The van der Waals surface area contributed by atoms with Gasteiger partial charge in [-0.05, 0) is 37.0 Å². The normalized spacial score (nSPS) is 11.2. The van der Waals surface area contributed by atoms with Gasteiger partial charge in [-0.1, -0.05) is 19.9 Å². The number of benzene rings is 1. The van der Waals surface area contributed by atoms with Crippen LogP contribution in [-0.4, -0.2) is 39.4 Å². The molecule has 0 radical (unpaired) electrons. The Bertz CT molecular complexity index is 513. The van der Waals surface area contributed by atoms with Gasteiger partial charge in [0.15, 0.2) is 17.5 Å². The van der Waals surface area contributed by atoms with Crippen LogP contribution in [0.15, 0.2) is 23.2 Å². The molecule has 0 aliphatic carbocycles. The minimum atomic E-state index is -0.346. The average Bonchev–Trinajstić information content (AvgIpc) is 2.55. The maximum absolute atomic E-state index is 13.8. The zero-order valence-corrected chi connectivity index (χ0v) is 17.9. The van der Waals surface area contributed by atoms with E-state index in [9.17, 15) is 4.39 Å². The summed E-state index contributed by atoms with van der Waals surface area (Å²) in [5, 5.41) is 6.38. The van der Waals surface area contributed by atoms with Crippen molar-refractivity contribution in [2.24, 2.45) is 10.9 Å². The SMILES string of the molecule is CCOc1ccc(CNC(=NC)NCCCOCC(C)C)cc1F.I. The Labute approximate surface area is 167 Å². The van der Waals surface area contributed by atoms with Crippen molar-refractivity contribution in [3.63, 3.8) is 0 Å². The highest BCUT2D eigenvalue weighted by molar-refractivity contribution is 14.0. The minimum Gasteiger partial charge on any atom is -0.491 e. The van der Waals surface area contributed by atoms with E-state index in [1.165, 1.54) is 6.07 Å². The Morgan fingerprint density at radius 2 is 2.04 bits per heavy atom. The number of hydrogen-bond acceptors (Lipinski definition) is 3. The molecule has 0 aliphatic heterocycles. The lowest BCUT2D eigenvalue weighted by Crippen LogP contribution is -2.37. The molecule has 25 heavy (non-hydrogen) atoms. The summed E-state index contributed by atoms with van der Waals surface area (Å²) in [6.45, 7) is 9.33. The molecule has 0 amide bonds. The first-order chi connectivity index (χ1) is 11.6. The van der Waals surface area contributed by atoms with Crippen LogP contribution in [0.2, 0.25) is 0 Å². The maximum Gasteiger partial charge on any atom is 0.191 e. The molecule has 1 aromatic carbocycles. The van der Waals surface area contributed by atoms with Gasteiger partial charge in [-0.2, -0.15) is 0 Å². The van der Waals surface area contributed by atoms with E-state index >= 15 is 0 Å². The van der Waals surface area contributed by atoms with Crippen molar-refractivity contribution in [2.75, 3.05) is 33.4 Å². The van der Waals surface area contributed by atoms with Crippen LogP contribution in [0.1, 0.15) is 32.8 Å². The van der Waals surface area contributed by atoms with Crippen molar-refractivity contribution >= 4 is 29.9 Å². The molecule has 0 fully saturated rings. The van der Waals surface area contributed by atoms with Crippen molar-refractivity contribution in [3.8, 4) is 5.75 Å². The van der Waals surface area contributed by atoms with Crippen LogP contribution in [0.5, 0.6) is 5.75 Å². The lowest BCUT2D eigenvalue weighted by molar-refractivity contribution is 0.108. The van der Waals surface area contributed by atoms with Gasteiger partial charge in [0.05, 0.1) is 6.61 Å². The van der Waals surface area contributed by atoms with Crippen LogP contribution >= 0.6 is 24.0 Å². The fourth-order valence-corrected chi connectivity index (χ4v) is 2.03. The smallest absolute Gasteiger partial charge is 0.191 e. The average molecular weight is 467 g/mol. The molecule has 1 rings (SSSR count). The van der Waals surface area contributed by atoms with Gasteiger partial charge in [-0.25, -0.2) is 4.39 Å². The van der Waals surface area contributed by atoms with E-state index in [1.807, 2.05) is 13.0 Å². The molecular formula is C18H31FIN3O2. The Kier molecular flexibility index (Phi) is 13.5. The Morgan fingerprint density at radius 3 is 2.64 bits per heavy atom. The first-order valence-corrected chi connectivity index (χ1v) is 8.50. The third kappa shape index (κ3) is 10.5. The predicted molar refractivity (Wildman–Crippen MR) is 111 cm³/mol. The third-order valence-corrected chi connectivity index (χ3v) is 3.19. The molecule has 7 heteroatoms. The van der Waals surface area contributed by atoms with E-state index in [0.29, 0.717) is 25.0 Å². The Morgan fingerprint density at radius 1 is 1.28 bits per heavy atom. The number of halogens is 2. The van der Waals surface area contributed by atoms with Crippen molar-refractivity contribution in [2.45, 2.75) is 33.7 Å². The summed E-state index contributed by atoms with van der Waals surface area (Å²) in [4.78, 5) is 4.15. The molecule has 1 aromatic rings. The van der Waals surface area contributed by atoms with Crippen molar-refractivity contribution in [1.82, 2.24) is 10.6 Å². The van der Waals surface area contributed by atoms with E-state index in [0.717, 1.165) is 31.7 Å². The highest BCUT2D eigenvalue weighted by Gasteiger charge is 2.05. The molecule has 0 atom stereocenters. The minimum absolute atomic E-state index is 0. The molecule has 0 saturated heterocycles. The van der Waals surface area contributed by atoms with Crippen LogP contribution in [0.3, 0.4) is 0 Å². The molecule has 0 spiro atoms. The van der Waals surface area contributed by atoms with Gasteiger partial charge in [-0.15, -0.1) is 24.0 Å². The first kappa shape index (κ1) is 23.9. The van der Waals surface area contributed by atoms with Crippen molar-refractivity contribution < 1.29 is 13.9 Å². The van der Waals surface area contributed by atoms with Crippen LogP contribution in [0.4, 0.5) is 4.39 Å². The molecule has 144 valence electrons.